The lowest BCUT2D eigenvalue weighted by molar-refractivity contribution is -0.123. The molecule has 1 fully saturated rings. The number of carbonyl (C=O) groups is 1. The maximum absolute atomic E-state index is 12.1. The van der Waals surface area contributed by atoms with Gasteiger partial charge < -0.3 is 14.8 Å². The number of ether oxygens (including phenoxy) is 2. The number of fused-ring (bicyclic) bond motifs is 1. The monoisotopic (exact) mass is 370 g/mol. The number of carbonyl (C=O) groups excluding carboxylic acids is 1. The first kappa shape index (κ1) is 19.6. The number of nitrogens with one attached hydrogen (secondary N) is 1. The maximum Gasteiger partial charge on any atom is 0.221 e. The van der Waals surface area contributed by atoms with Crippen molar-refractivity contribution >= 4 is 16.7 Å². The average molecular weight is 370 g/mol. The molecule has 0 bridgehead atoms. The molecule has 1 saturated heterocycles. The van der Waals surface area contributed by atoms with Gasteiger partial charge in [-0.2, -0.15) is 0 Å². The second kappa shape index (κ2) is 8.28. The highest BCUT2D eigenvalue weighted by Crippen LogP contribution is 2.27. The van der Waals surface area contributed by atoms with Crippen LogP contribution >= 0.6 is 0 Å². The van der Waals surface area contributed by atoms with Crippen molar-refractivity contribution < 1.29 is 14.3 Å². The average Bonchev–Trinajstić information content (AvgIpc) is 2.64. The van der Waals surface area contributed by atoms with Gasteiger partial charge in [0.05, 0.1) is 19.8 Å². The quantitative estimate of drug-likeness (QED) is 0.875. The van der Waals surface area contributed by atoms with Gasteiger partial charge >= 0.3 is 0 Å². The SMILES string of the molecule is COc1ccc2cc([C@H]3CN(CCC(=O)NC(C)(C)C)CCO3)ccc2c1. The van der Waals surface area contributed by atoms with Gasteiger partial charge in [-0.3, -0.25) is 9.69 Å². The van der Waals surface area contributed by atoms with Crippen molar-refractivity contribution in [1.29, 1.82) is 0 Å². The fourth-order valence-corrected chi connectivity index (χ4v) is 3.42. The van der Waals surface area contributed by atoms with Crippen molar-refractivity contribution in [3.8, 4) is 5.75 Å². The van der Waals surface area contributed by atoms with E-state index < -0.39 is 0 Å². The van der Waals surface area contributed by atoms with E-state index in [2.05, 4.69) is 34.5 Å². The van der Waals surface area contributed by atoms with Crippen LogP contribution in [0.3, 0.4) is 0 Å². The number of benzene rings is 2. The Balaban J connectivity index is 1.62. The lowest BCUT2D eigenvalue weighted by Gasteiger charge is -2.33. The van der Waals surface area contributed by atoms with Crippen LogP contribution in [0.2, 0.25) is 0 Å². The highest BCUT2D eigenvalue weighted by atomic mass is 16.5. The van der Waals surface area contributed by atoms with Crippen LogP contribution in [0.15, 0.2) is 36.4 Å². The molecular formula is C22H30N2O3. The van der Waals surface area contributed by atoms with Gasteiger partial charge in [0.1, 0.15) is 5.75 Å². The first-order valence-corrected chi connectivity index (χ1v) is 9.57. The Kier molecular flexibility index (Phi) is 6.02. The largest absolute Gasteiger partial charge is 0.497 e. The van der Waals surface area contributed by atoms with E-state index in [1.165, 1.54) is 10.9 Å². The third-order valence-electron chi connectivity index (χ3n) is 4.76. The maximum atomic E-state index is 12.1. The number of rotatable bonds is 5. The zero-order valence-electron chi connectivity index (χ0n) is 16.7. The van der Waals surface area contributed by atoms with Crippen molar-refractivity contribution in [3.05, 3.63) is 42.0 Å². The molecule has 2 aromatic carbocycles. The molecular weight excluding hydrogens is 340 g/mol. The highest BCUT2D eigenvalue weighted by Gasteiger charge is 2.23. The Hall–Kier alpha value is -2.11. The number of nitrogens with zero attached hydrogens (tertiary/aromatic N) is 1. The normalized spacial score (nSPS) is 18.4. The summed E-state index contributed by atoms with van der Waals surface area (Å²) in [5.74, 6) is 0.967. The minimum Gasteiger partial charge on any atom is -0.497 e. The molecule has 5 heteroatoms. The van der Waals surface area contributed by atoms with Gasteiger partial charge in [-0.05, 0) is 55.3 Å². The van der Waals surface area contributed by atoms with Crippen LogP contribution in [-0.4, -0.2) is 49.7 Å². The summed E-state index contributed by atoms with van der Waals surface area (Å²) in [6.07, 6.45) is 0.553. The highest BCUT2D eigenvalue weighted by molar-refractivity contribution is 5.84. The van der Waals surface area contributed by atoms with Crippen LogP contribution in [0.25, 0.3) is 10.8 Å². The summed E-state index contributed by atoms with van der Waals surface area (Å²) in [5, 5.41) is 5.36. The zero-order valence-corrected chi connectivity index (χ0v) is 16.7. The Labute approximate surface area is 161 Å². The van der Waals surface area contributed by atoms with Crippen LogP contribution in [-0.2, 0) is 9.53 Å². The first-order valence-electron chi connectivity index (χ1n) is 9.57. The van der Waals surface area contributed by atoms with Crippen LogP contribution in [0.4, 0.5) is 0 Å². The smallest absolute Gasteiger partial charge is 0.221 e. The summed E-state index contributed by atoms with van der Waals surface area (Å²) in [5.41, 5.74) is 0.995. The predicted octanol–water partition coefficient (Wildman–Crippen LogP) is 3.53. The fourth-order valence-electron chi connectivity index (χ4n) is 3.42. The number of hydrogen-bond donors (Lipinski definition) is 1. The van der Waals surface area contributed by atoms with Gasteiger partial charge in [0.2, 0.25) is 5.91 Å². The molecule has 1 amide bonds. The molecule has 2 aromatic rings. The van der Waals surface area contributed by atoms with Crippen LogP contribution in [0.1, 0.15) is 38.9 Å². The van der Waals surface area contributed by atoms with E-state index in [1.807, 2.05) is 32.9 Å². The van der Waals surface area contributed by atoms with E-state index in [-0.39, 0.29) is 17.6 Å². The summed E-state index contributed by atoms with van der Waals surface area (Å²) >= 11 is 0. The summed E-state index contributed by atoms with van der Waals surface area (Å²) < 4.78 is 11.3. The molecule has 1 atom stereocenters. The predicted molar refractivity (Wildman–Crippen MR) is 108 cm³/mol. The Morgan fingerprint density at radius 3 is 2.70 bits per heavy atom. The van der Waals surface area contributed by atoms with Gasteiger partial charge in [0.15, 0.2) is 0 Å². The molecule has 1 heterocycles. The van der Waals surface area contributed by atoms with E-state index >= 15 is 0 Å². The molecule has 1 N–H and O–H groups in total. The minimum atomic E-state index is -0.182. The lowest BCUT2D eigenvalue weighted by atomic mass is 10.0. The van der Waals surface area contributed by atoms with Gasteiger partial charge in [-0.25, -0.2) is 0 Å². The van der Waals surface area contributed by atoms with Gasteiger partial charge in [-0.15, -0.1) is 0 Å². The number of morpholine rings is 1. The van der Waals surface area contributed by atoms with E-state index in [0.717, 1.165) is 30.8 Å². The van der Waals surface area contributed by atoms with E-state index in [1.54, 1.807) is 7.11 Å². The summed E-state index contributed by atoms with van der Waals surface area (Å²) in [6, 6.07) is 12.5. The molecule has 146 valence electrons. The van der Waals surface area contributed by atoms with Gasteiger partial charge in [0.25, 0.3) is 0 Å². The van der Waals surface area contributed by atoms with E-state index in [0.29, 0.717) is 13.0 Å². The molecule has 0 spiro atoms. The standard InChI is InChI=1S/C22H30N2O3/c1-22(2,3)23-21(25)9-10-24-11-12-27-20(15-24)18-6-5-17-14-19(26-4)8-7-16(17)13-18/h5-8,13-14,20H,9-12,15H2,1-4H3,(H,23,25)/t20-/m1/s1. The topological polar surface area (TPSA) is 50.8 Å². The molecule has 3 rings (SSSR count). The van der Waals surface area contributed by atoms with E-state index in [9.17, 15) is 4.79 Å². The summed E-state index contributed by atoms with van der Waals surface area (Å²) in [7, 11) is 1.68. The third kappa shape index (κ3) is 5.44. The molecule has 0 saturated carbocycles. The van der Waals surface area contributed by atoms with Crippen LogP contribution in [0.5, 0.6) is 5.75 Å². The molecule has 0 unspecified atom stereocenters. The van der Waals surface area contributed by atoms with Crippen molar-refractivity contribution in [2.45, 2.75) is 38.8 Å². The molecule has 5 nitrogen and oxygen atoms in total. The van der Waals surface area contributed by atoms with Crippen molar-refractivity contribution in [1.82, 2.24) is 10.2 Å². The van der Waals surface area contributed by atoms with Crippen molar-refractivity contribution in [2.24, 2.45) is 0 Å². The van der Waals surface area contributed by atoms with Gasteiger partial charge in [-0.1, -0.05) is 18.2 Å². The number of amides is 1. The lowest BCUT2D eigenvalue weighted by Crippen LogP contribution is -2.44. The Morgan fingerprint density at radius 2 is 1.96 bits per heavy atom. The van der Waals surface area contributed by atoms with E-state index in [4.69, 9.17) is 9.47 Å². The number of hydrogen-bond acceptors (Lipinski definition) is 4. The Bertz CT molecular complexity index is 798. The molecule has 1 aliphatic rings. The third-order valence-corrected chi connectivity index (χ3v) is 4.76. The minimum absolute atomic E-state index is 0.0379. The zero-order chi connectivity index (χ0) is 19.4. The summed E-state index contributed by atoms with van der Waals surface area (Å²) in [6.45, 7) is 9.13. The van der Waals surface area contributed by atoms with Crippen LogP contribution in [0, 0.1) is 0 Å². The molecule has 0 radical (unpaired) electrons. The van der Waals surface area contributed by atoms with Crippen LogP contribution < -0.4 is 10.1 Å². The summed E-state index contributed by atoms with van der Waals surface area (Å²) in [4.78, 5) is 14.4. The Morgan fingerprint density at radius 1 is 1.22 bits per heavy atom. The van der Waals surface area contributed by atoms with Crippen molar-refractivity contribution in [3.63, 3.8) is 0 Å². The first-order chi connectivity index (χ1) is 12.8. The second-order valence-electron chi connectivity index (χ2n) is 8.18. The fraction of sp³-hybridized carbons (Fsp3) is 0.500. The van der Waals surface area contributed by atoms with Gasteiger partial charge in [0, 0.05) is 31.6 Å². The molecule has 27 heavy (non-hydrogen) atoms. The molecule has 0 aliphatic carbocycles. The second-order valence-corrected chi connectivity index (χ2v) is 8.18. The molecule has 1 aliphatic heterocycles. The molecule has 0 aromatic heterocycles. The van der Waals surface area contributed by atoms with Crippen molar-refractivity contribution in [2.75, 3.05) is 33.4 Å². The number of methoxy groups -OCH3 is 1.